The molecule has 72 valence electrons. The van der Waals surface area contributed by atoms with Gasteiger partial charge in [-0.05, 0) is 28.1 Å². The average Bonchev–Trinajstić information content (AvgIpc) is 2.56. The monoisotopic (exact) mass is 254 g/mol. The molecule has 2 aromatic rings. The Balaban J connectivity index is 2.23. The second-order valence-corrected chi connectivity index (χ2v) is 3.45. The lowest BCUT2D eigenvalue weighted by Crippen LogP contribution is -1.92. The number of hydrogen-bond acceptors (Lipinski definition) is 4. The van der Waals surface area contributed by atoms with Crippen LogP contribution in [0.1, 0.15) is 0 Å². The Hall–Kier alpha value is -1.43. The van der Waals surface area contributed by atoms with E-state index in [1.165, 1.54) is 0 Å². The molecule has 0 saturated heterocycles. The van der Waals surface area contributed by atoms with Gasteiger partial charge in [0.25, 0.3) is 0 Å². The molecule has 0 spiro atoms. The van der Waals surface area contributed by atoms with Crippen LogP contribution in [-0.4, -0.2) is 19.7 Å². The number of rotatable bonds is 2. The Morgan fingerprint density at radius 3 is 2.93 bits per heavy atom. The maximum atomic E-state index is 5.33. The molecule has 0 amide bonds. The number of nitrogens with zero attached hydrogens (tertiary/aromatic N) is 4. The fraction of sp³-hybridized carbons (Fsp3) is 0.125. The van der Waals surface area contributed by atoms with Crippen LogP contribution in [0, 0.1) is 0 Å². The lowest BCUT2D eigenvalue weighted by molar-refractivity contribution is 0.420. The SMILES string of the molecule is Cn1cnc(Oc2ncccc2Br)n1. The molecule has 5 nitrogen and oxygen atoms in total. The normalized spacial score (nSPS) is 10.1. The van der Waals surface area contributed by atoms with Crippen LogP contribution >= 0.6 is 15.9 Å². The molecule has 0 radical (unpaired) electrons. The van der Waals surface area contributed by atoms with Crippen LogP contribution in [0.15, 0.2) is 29.1 Å². The third-order valence-corrected chi connectivity index (χ3v) is 2.09. The van der Waals surface area contributed by atoms with Crippen molar-refractivity contribution in [1.29, 1.82) is 0 Å². The number of ether oxygens (including phenoxy) is 1. The van der Waals surface area contributed by atoms with E-state index in [0.717, 1.165) is 4.47 Å². The van der Waals surface area contributed by atoms with E-state index in [-0.39, 0.29) is 6.01 Å². The van der Waals surface area contributed by atoms with Gasteiger partial charge < -0.3 is 4.74 Å². The van der Waals surface area contributed by atoms with Gasteiger partial charge in [0.2, 0.25) is 5.88 Å². The first-order valence-electron chi connectivity index (χ1n) is 3.90. The summed E-state index contributed by atoms with van der Waals surface area (Å²) in [6.07, 6.45) is 3.20. The minimum Gasteiger partial charge on any atom is -0.403 e. The Labute approximate surface area is 88.9 Å². The summed E-state index contributed by atoms with van der Waals surface area (Å²) >= 11 is 3.31. The number of hydrogen-bond donors (Lipinski definition) is 0. The highest BCUT2D eigenvalue weighted by Crippen LogP contribution is 2.24. The maximum Gasteiger partial charge on any atom is 0.342 e. The minimum absolute atomic E-state index is 0.284. The van der Waals surface area contributed by atoms with E-state index in [9.17, 15) is 0 Å². The lowest BCUT2D eigenvalue weighted by atomic mass is 10.5. The first-order chi connectivity index (χ1) is 6.75. The van der Waals surface area contributed by atoms with Gasteiger partial charge in [-0.2, -0.15) is 4.98 Å². The van der Waals surface area contributed by atoms with Crippen LogP contribution in [0.4, 0.5) is 0 Å². The molecule has 6 heteroatoms. The third-order valence-electron chi connectivity index (χ3n) is 1.49. The first-order valence-corrected chi connectivity index (χ1v) is 4.69. The van der Waals surface area contributed by atoms with E-state index in [4.69, 9.17) is 4.74 Å². The van der Waals surface area contributed by atoms with Crippen LogP contribution in [0.2, 0.25) is 0 Å². The summed E-state index contributed by atoms with van der Waals surface area (Å²) in [6.45, 7) is 0. The Morgan fingerprint density at radius 1 is 1.43 bits per heavy atom. The lowest BCUT2D eigenvalue weighted by Gasteiger charge is -2.00. The van der Waals surface area contributed by atoms with Crippen molar-refractivity contribution in [3.63, 3.8) is 0 Å². The van der Waals surface area contributed by atoms with E-state index in [2.05, 4.69) is 31.0 Å². The van der Waals surface area contributed by atoms with Gasteiger partial charge in [-0.25, -0.2) is 4.98 Å². The van der Waals surface area contributed by atoms with Gasteiger partial charge in [0.1, 0.15) is 6.33 Å². The van der Waals surface area contributed by atoms with Crippen LogP contribution in [-0.2, 0) is 7.05 Å². The van der Waals surface area contributed by atoms with Crippen LogP contribution in [0.5, 0.6) is 11.9 Å². The van der Waals surface area contributed by atoms with Crippen LogP contribution in [0.3, 0.4) is 0 Å². The minimum atomic E-state index is 0.284. The van der Waals surface area contributed by atoms with Crippen molar-refractivity contribution in [3.8, 4) is 11.9 Å². The molecule has 2 heterocycles. The summed E-state index contributed by atoms with van der Waals surface area (Å²) in [7, 11) is 1.77. The second-order valence-electron chi connectivity index (χ2n) is 2.59. The molecule has 0 fully saturated rings. The molecule has 0 aliphatic heterocycles. The van der Waals surface area contributed by atoms with Crippen molar-refractivity contribution in [3.05, 3.63) is 29.1 Å². The Bertz CT molecular complexity index is 442. The number of aromatic nitrogens is 4. The van der Waals surface area contributed by atoms with E-state index in [0.29, 0.717) is 5.88 Å². The van der Waals surface area contributed by atoms with E-state index in [1.807, 2.05) is 12.1 Å². The van der Waals surface area contributed by atoms with Gasteiger partial charge >= 0.3 is 6.01 Å². The van der Waals surface area contributed by atoms with E-state index in [1.54, 1.807) is 24.3 Å². The van der Waals surface area contributed by atoms with Gasteiger partial charge in [-0.1, -0.05) is 0 Å². The van der Waals surface area contributed by atoms with Crippen molar-refractivity contribution >= 4 is 15.9 Å². The zero-order chi connectivity index (χ0) is 9.97. The molecule has 0 bridgehead atoms. The van der Waals surface area contributed by atoms with Crippen molar-refractivity contribution in [2.75, 3.05) is 0 Å². The summed E-state index contributed by atoms with van der Waals surface area (Å²) in [5, 5.41) is 3.97. The fourth-order valence-electron chi connectivity index (χ4n) is 0.899. The van der Waals surface area contributed by atoms with Gasteiger partial charge in [-0.3, -0.25) is 4.68 Å². The Kier molecular flexibility index (Phi) is 2.45. The number of aryl methyl sites for hydroxylation is 1. The summed E-state index contributed by atoms with van der Waals surface area (Å²) in [6, 6.07) is 3.93. The molecule has 0 aromatic carbocycles. The molecule has 0 atom stereocenters. The molecule has 0 saturated carbocycles. The van der Waals surface area contributed by atoms with Crippen molar-refractivity contribution in [2.45, 2.75) is 0 Å². The average molecular weight is 255 g/mol. The largest absolute Gasteiger partial charge is 0.403 e. The molecule has 2 aromatic heterocycles. The highest BCUT2D eigenvalue weighted by Gasteiger charge is 2.05. The zero-order valence-corrected chi connectivity index (χ0v) is 8.97. The summed E-state index contributed by atoms with van der Waals surface area (Å²) < 4.78 is 7.66. The first kappa shape index (κ1) is 9.14. The highest BCUT2D eigenvalue weighted by molar-refractivity contribution is 9.10. The molecular weight excluding hydrogens is 248 g/mol. The quantitative estimate of drug-likeness (QED) is 0.820. The fourth-order valence-corrected chi connectivity index (χ4v) is 1.23. The molecule has 0 aliphatic rings. The number of pyridine rings is 1. The summed E-state index contributed by atoms with van der Waals surface area (Å²) in [5.41, 5.74) is 0. The van der Waals surface area contributed by atoms with Crippen LogP contribution < -0.4 is 4.74 Å². The van der Waals surface area contributed by atoms with Crippen LogP contribution in [0.25, 0.3) is 0 Å². The summed E-state index contributed by atoms with van der Waals surface area (Å²) in [4.78, 5) is 7.95. The van der Waals surface area contributed by atoms with Gasteiger partial charge in [-0.15, -0.1) is 5.10 Å². The van der Waals surface area contributed by atoms with Crippen molar-refractivity contribution in [1.82, 2.24) is 19.7 Å². The zero-order valence-electron chi connectivity index (χ0n) is 7.38. The third kappa shape index (κ3) is 1.90. The second kappa shape index (κ2) is 3.75. The highest BCUT2D eigenvalue weighted by atomic mass is 79.9. The molecule has 14 heavy (non-hydrogen) atoms. The summed E-state index contributed by atoms with van der Waals surface area (Å²) in [5.74, 6) is 0.457. The van der Waals surface area contributed by atoms with Gasteiger partial charge in [0.05, 0.1) is 4.47 Å². The molecule has 0 aliphatic carbocycles. The van der Waals surface area contributed by atoms with Crippen molar-refractivity contribution < 1.29 is 4.74 Å². The molecular formula is C8H7BrN4O. The molecule has 2 rings (SSSR count). The predicted molar refractivity (Wildman–Crippen MR) is 53.0 cm³/mol. The van der Waals surface area contributed by atoms with E-state index >= 15 is 0 Å². The Morgan fingerprint density at radius 2 is 2.29 bits per heavy atom. The predicted octanol–water partition coefficient (Wildman–Crippen LogP) is 1.76. The van der Waals surface area contributed by atoms with Gasteiger partial charge in [0, 0.05) is 13.2 Å². The molecule has 0 unspecified atom stereocenters. The van der Waals surface area contributed by atoms with E-state index < -0.39 is 0 Å². The topological polar surface area (TPSA) is 52.8 Å². The standard InChI is InChI=1S/C8H7BrN4O/c1-13-5-11-8(12-13)14-7-6(9)3-2-4-10-7/h2-5H,1H3. The maximum absolute atomic E-state index is 5.33. The van der Waals surface area contributed by atoms with Crippen molar-refractivity contribution in [2.24, 2.45) is 7.05 Å². The van der Waals surface area contributed by atoms with Gasteiger partial charge in [0.15, 0.2) is 0 Å². The number of halogens is 1. The molecule has 0 N–H and O–H groups in total. The smallest absolute Gasteiger partial charge is 0.342 e.